The minimum atomic E-state index is -0.875. The summed E-state index contributed by atoms with van der Waals surface area (Å²) in [5.74, 6) is -1.47. The number of carboxylic acid groups (broad SMARTS) is 1. The third-order valence-electron chi connectivity index (χ3n) is 9.87. The third kappa shape index (κ3) is 35.3. The molecule has 1 N–H and O–H groups in total. The van der Waals surface area contributed by atoms with Crippen LogP contribution < -0.4 is 0 Å². The summed E-state index contributed by atoms with van der Waals surface area (Å²) in [5, 5.41) is 9.61. The van der Waals surface area contributed by atoms with Crippen molar-refractivity contribution in [3.63, 3.8) is 0 Å². The van der Waals surface area contributed by atoms with E-state index in [0.29, 0.717) is 19.3 Å². The van der Waals surface area contributed by atoms with Crippen LogP contribution in [0.15, 0.2) is 24.3 Å². The Hall–Kier alpha value is -2.19. The molecular formula is C45H84NO7+. The number of hydrogen-bond acceptors (Lipinski definition) is 6. The van der Waals surface area contributed by atoms with Crippen molar-refractivity contribution in [2.45, 2.75) is 206 Å². The Morgan fingerprint density at radius 2 is 1.06 bits per heavy atom. The van der Waals surface area contributed by atoms with Crippen LogP contribution in [0.3, 0.4) is 0 Å². The average molecular weight is 751 g/mol. The molecule has 0 fully saturated rings. The van der Waals surface area contributed by atoms with Gasteiger partial charge >= 0.3 is 17.9 Å². The van der Waals surface area contributed by atoms with Gasteiger partial charge in [-0.25, -0.2) is 4.79 Å². The number of ether oxygens (including phenoxy) is 3. The van der Waals surface area contributed by atoms with Crippen molar-refractivity contribution in [1.29, 1.82) is 0 Å². The fourth-order valence-electron chi connectivity index (χ4n) is 6.48. The summed E-state index contributed by atoms with van der Waals surface area (Å²) in [5.41, 5.74) is 0. The Morgan fingerprint density at radius 1 is 0.585 bits per heavy atom. The van der Waals surface area contributed by atoms with Gasteiger partial charge in [-0.1, -0.05) is 160 Å². The molecular weight excluding hydrogens is 666 g/mol. The molecule has 53 heavy (non-hydrogen) atoms. The van der Waals surface area contributed by atoms with Crippen LogP contribution in [0.1, 0.15) is 194 Å². The second kappa shape index (κ2) is 36.8. The Balaban J connectivity index is 4.33. The molecule has 0 heterocycles. The quantitative estimate of drug-likeness (QED) is 0.0289. The minimum absolute atomic E-state index is 0.0511. The van der Waals surface area contributed by atoms with Gasteiger partial charge in [0.2, 0.25) is 0 Å². The van der Waals surface area contributed by atoms with Crippen LogP contribution in [0.25, 0.3) is 0 Å². The summed E-state index contributed by atoms with van der Waals surface area (Å²) in [6, 6.07) is -0.612. The van der Waals surface area contributed by atoms with Crippen LogP contribution in [0.4, 0.5) is 0 Å². The van der Waals surface area contributed by atoms with Crippen molar-refractivity contribution in [3.05, 3.63) is 24.3 Å². The highest BCUT2D eigenvalue weighted by Crippen LogP contribution is 2.15. The van der Waals surface area contributed by atoms with E-state index in [0.717, 1.165) is 57.8 Å². The monoisotopic (exact) mass is 751 g/mol. The number of nitrogens with zero attached hydrogens (tertiary/aromatic N) is 1. The van der Waals surface area contributed by atoms with Gasteiger partial charge in [-0.3, -0.25) is 9.59 Å². The van der Waals surface area contributed by atoms with Gasteiger partial charge in [0.15, 0.2) is 12.1 Å². The van der Waals surface area contributed by atoms with Gasteiger partial charge in [0.05, 0.1) is 34.4 Å². The molecule has 0 radical (unpaired) electrons. The fraction of sp³-hybridized carbons (Fsp3) is 0.844. The van der Waals surface area contributed by atoms with Crippen LogP contribution in [0.5, 0.6) is 0 Å². The van der Waals surface area contributed by atoms with E-state index in [1.54, 1.807) is 0 Å². The third-order valence-corrected chi connectivity index (χ3v) is 9.87. The highest BCUT2D eigenvalue weighted by Gasteiger charge is 2.31. The SMILES string of the molecule is CC/C=C/C/C=C/CCCCCCCCCC(=O)OCC(COCCC(C(=O)O)[N+](C)(C)C)OC(=O)CCCCCCCCCCCCCCCCC. The molecule has 0 spiro atoms. The molecule has 0 saturated heterocycles. The van der Waals surface area contributed by atoms with E-state index in [2.05, 4.69) is 38.2 Å². The molecule has 0 aliphatic heterocycles. The lowest BCUT2D eigenvalue weighted by atomic mass is 10.0. The molecule has 0 bridgehead atoms. The van der Waals surface area contributed by atoms with Crippen molar-refractivity contribution >= 4 is 17.9 Å². The predicted octanol–water partition coefficient (Wildman–Crippen LogP) is 11.7. The van der Waals surface area contributed by atoms with Crippen molar-refractivity contribution < 1.29 is 38.2 Å². The first-order valence-corrected chi connectivity index (χ1v) is 21.9. The predicted molar refractivity (Wildman–Crippen MR) is 220 cm³/mol. The molecule has 0 aromatic rings. The van der Waals surface area contributed by atoms with Crippen LogP contribution in [0.2, 0.25) is 0 Å². The number of carboxylic acids is 1. The van der Waals surface area contributed by atoms with Gasteiger partial charge in [-0.05, 0) is 38.5 Å². The zero-order chi connectivity index (χ0) is 39.3. The van der Waals surface area contributed by atoms with Crippen LogP contribution in [0, 0.1) is 0 Å². The molecule has 0 aromatic heterocycles. The Kier molecular flexibility index (Phi) is 35.2. The van der Waals surface area contributed by atoms with E-state index in [-0.39, 0.29) is 36.2 Å². The smallest absolute Gasteiger partial charge is 0.362 e. The molecule has 2 atom stereocenters. The summed E-state index contributed by atoms with van der Waals surface area (Å²) in [7, 11) is 5.53. The first-order chi connectivity index (χ1) is 25.6. The van der Waals surface area contributed by atoms with Gasteiger partial charge in [0, 0.05) is 19.3 Å². The number of carbonyl (C=O) groups is 3. The van der Waals surface area contributed by atoms with E-state index >= 15 is 0 Å². The van der Waals surface area contributed by atoms with E-state index in [4.69, 9.17) is 14.2 Å². The van der Waals surface area contributed by atoms with Crippen LogP contribution in [-0.4, -0.2) is 80.6 Å². The van der Waals surface area contributed by atoms with Crippen LogP contribution >= 0.6 is 0 Å². The number of unbranched alkanes of at least 4 members (excludes halogenated alkanes) is 21. The molecule has 2 unspecified atom stereocenters. The maximum atomic E-state index is 12.7. The maximum absolute atomic E-state index is 12.7. The van der Waals surface area contributed by atoms with Gasteiger partial charge < -0.3 is 23.8 Å². The largest absolute Gasteiger partial charge is 0.477 e. The minimum Gasteiger partial charge on any atom is -0.477 e. The highest BCUT2D eigenvalue weighted by molar-refractivity contribution is 5.72. The topological polar surface area (TPSA) is 99.1 Å². The first-order valence-electron chi connectivity index (χ1n) is 21.9. The molecule has 8 nitrogen and oxygen atoms in total. The molecule has 0 saturated carbocycles. The van der Waals surface area contributed by atoms with Gasteiger partial charge in [0.1, 0.15) is 6.61 Å². The average Bonchev–Trinajstić information content (AvgIpc) is 3.11. The number of likely N-dealkylation sites (N-methyl/N-ethyl adjacent to an activating group) is 1. The number of carbonyl (C=O) groups excluding carboxylic acids is 2. The van der Waals surface area contributed by atoms with Crippen molar-refractivity contribution in [1.82, 2.24) is 0 Å². The van der Waals surface area contributed by atoms with Crippen molar-refractivity contribution in [3.8, 4) is 0 Å². The Morgan fingerprint density at radius 3 is 1.55 bits per heavy atom. The molecule has 0 aromatic carbocycles. The summed E-state index contributed by atoms with van der Waals surface area (Å²) in [4.78, 5) is 36.9. The maximum Gasteiger partial charge on any atom is 0.362 e. The van der Waals surface area contributed by atoms with Gasteiger partial charge in [-0.15, -0.1) is 0 Å². The number of aliphatic carboxylic acids is 1. The van der Waals surface area contributed by atoms with Crippen LogP contribution in [-0.2, 0) is 28.6 Å². The van der Waals surface area contributed by atoms with E-state index in [1.807, 2.05) is 21.1 Å². The molecule has 0 amide bonds. The number of hydrogen-bond donors (Lipinski definition) is 1. The van der Waals surface area contributed by atoms with Gasteiger partial charge in [-0.2, -0.15) is 0 Å². The highest BCUT2D eigenvalue weighted by atomic mass is 16.6. The number of esters is 2. The zero-order valence-corrected chi connectivity index (χ0v) is 35.2. The second-order valence-electron chi connectivity index (χ2n) is 15.9. The number of rotatable bonds is 39. The first kappa shape index (κ1) is 50.8. The molecule has 0 rings (SSSR count). The summed E-state index contributed by atoms with van der Waals surface area (Å²) in [6.45, 7) is 4.64. The molecule has 8 heteroatoms. The van der Waals surface area contributed by atoms with Crippen molar-refractivity contribution in [2.24, 2.45) is 0 Å². The molecule has 310 valence electrons. The lowest BCUT2D eigenvalue weighted by Gasteiger charge is -2.31. The summed E-state index contributed by atoms with van der Waals surface area (Å²) >= 11 is 0. The zero-order valence-electron chi connectivity index (χ0n) is 35.2. The second-order valence-corrected chi connectivity index (χ2v) is 15.9. The van der Waals surface area contributed by atoms with E-state index in [1.165, 1.54) is 103 Å². The number of quaternary nitrogens is 1. The standard InChI is InChI=1S/C45H83NO7/c1-6-8-10-12-14-16-18-20-22-24-26-28-30-32-34-36-44(48)53-41(39-51-38-37-42(45(49)50)46(3,4)5)40-52-43(47)35-33-31-29-27-25-23-21-19-17-15-13-11-9-7-2/h9,11,15,17,41-42H,6-8,10,12-14,16,18-40H2,1-5H3/p+1/b11-9+,17-15+. The normalized spacial score (nSPS) is 13.2. The van der Waals surface area contributed by atoms with Gasteiger partial charge in [0.25, 0.3) is 0 Å². The molecule has 0 aliphatic carbocycles. The Labute approximate surface area is 326 Å². The lowest BCUT2D eigenvalue weighted by Crippen LogP contribution is -2.50. The summed E-state index contributed by atoms with van der Waals surface area (Å²) in [6.07, 6.45) is 39.3. The fourth-order valence-corrected chi connectivity index (χ4v) is 6.48. The van der Waals surface area contributed by atoms with E-state index in [9.17, 15) is 19.5 Å². The lowest BCUT2D eigenvalue weighted by molar-refractivity contribution is -0.887. The van der Waals surface area contributed by atoms with Crippen molar-refractivity contribution in [2.75, 3.05) is 41.0 Å². The summed E-state index contributed by atoms with van der Waals surface area (Å²) < 4.78 is 17.3. The molecule has 0 aliphatic rings. The Bertz CT molecular complexity index is 926. The number of allylic oxidation sites excluding steroid dienone is 4. The van der Waals surface area contributed by atoms with E-state index < -0.39 is 18.1 Å².